The van der Waals surface area contributed by atoms with Crippen molar-refractivity contribution in [3.8, 4) is 11.1 Å². The first-order valence-electron chi connectivity index (χ1n) is 13.6. The van der Waals surface area contributed by atoms with Gasteiger partial charge in [0, 0.05) is 26.5 Å². The zero-order chi connectivity index (χ0) is 28.0. The van der Waals surface area contributed by atoms with Gasteiger partial charge in [-0.05, 0) is 40.6 Å². The lowest BCUT2D eigenvalue weighted by Crippen LogP contribution is -2.27. The van der Waals surface area contributed by atoms with Gasteiger partial charge in [0.15, 0.2) is 7.14 Å². The van der Waals surface area contributed by atoms with Gasteiger partial charge in [-0.1, -0.05) is 128 Å². The summed E-state index contributed by atoms with van der Waals surface area (Å²) in [6.07, 6.45) is 3.81. The van der Waals surface area contributed by atoms with E-state index in [1.165, 1.54) is 0 Å². The molecule has 0 aliphatic rings. The zero-order valence-corrected chi connectivity index (χ0v) is 23.3. The number of pyridine rings is 1. The minimum Gasteiger partial charge on any atom is -0.309 e. The van der Waals surface area contributed by atoms with Crippen LogP contribution in [0.25, 0.3) is 51.4 Å². The molecule has 0 saturated carbocycles. The number of aromatic nitrogens is 2. The maximum absolute atomic E-state index is 14.8. The second-order valence-electron chi connectivity index (χ2n) is 10.1. The molecule has 2 aromatic heterocycles. The highest BCUT2D eigenvalue weighted by molar-refractivity contribution is 7.85. The van der Waals surface area contributed by atoms with Gasteiger partial charge in [0.05, 0.1) is 16.6 Å². The van der Waals surface area contributed by atoms with E-state index in [0.29, 0.717) is 0 Å². The van der Waals surface area contributed by atoms with Gasteiger partial charge < -0.3 is 4.57 Å². The summed E-state index contributed by atoms with van der Waals surface area (Å²) in [6.45, 7) is 8.37. The molecule has 7 aromatic rings. The molecule has 0 spiro atoms. The predicted molar refractivity (Wildman–Crippen MR) is 174 cm³/mol. The summed E-state index contributed by atoms with van der Waals surface area (Å²) in [6, 6.07) is 42.4. The second-order valence-corrected chi connectivity index (χ2v) is 12.9. The molecule has 0 atom stereocenters. The fraction of sp³-hybridized carbons (Fsp3) is 0. The Morgan fingerprint density at radius 2 is 1.24 bits per heavy atom. The van der Waals surface area contributed by atoms with Crippen LogP contribution in [0.3, 0.4) is 0 Å². The Morgan fingerprint density at radius 1 is 0.659 bits per heavy atom. The molecule has 0 aliphatic heterocycles. The fourth-order valence-corrected chi connectivity index (χ4v) is 8.42. The second kappa shape index (κ2) is 9.89. The summed E-state index contributed by atoms with van der Waals surface area (Å²) >= 11 is 0. The third-order valence-electron chi connectivity index (χ3n) is 7.77. The quantitative estimate of drug-likeness (QED) is 0.237. The summed E-state index contributed by atoms with van der Waals surface area (Å²) in [4.78, 5) is 4.89. The summed E-state index contributed by atoms with van der Waals surface area (Å²) < 4.78 is 17.0. The molecule has 196 valence electrons. The lowest BCUT2D eigenvalue weighted by atomic mass is 10.0. The average Bonchev–Trinajstić information content (AvgIpc) is 3.43. The smallest absolute Gasteiger partial charge is 0.171 e. The largest absolute Gasteiger partial charge is 0.309 e. The highest BCUT2D eigenvalue weighted by atomic mass is 31.2. The maximum Gasteiger partial charge on any atom is 0.171 e. The van der Waals surface area contributed by atoms with Crippen molar-refractivity contribution < 1.29 is 4.57 Å². The molecule has 3 nitrogen and oxygen atoms in total. The van der Waals surface area contributed by atoms with Gasteiger partial charge in [-0.3, -0.25) is 4.40 Å². The van der Waals surface area contributed by atoms with E-state index in [2.05, 4.69) is 54.0 Å². The third-order valence-corrected chi connectivity index (χ3v) is 10.8. The third kappa shape index (κ3) is 3.97. The maximum atomic E-state index is 14.8. The van der Waals surface area contributed by atoms with Crippen molar-refractivity contribution in [2.24, 2.45) is 0 Å². The van der Waals surface area contributed by atoms with Crippen LogP contribution in [0.15, 0.2) is 140 Å². The molecule has 0 radical (unpaired) electrons. The minimum atomic E-state index is -3.03. The number of para-hydroxylation sites is 2. The molecular weight excluding hydrogens is 519 g/mol. The Hall–Kier alpha value is -4.98. The molecule has 0 aliphatic carbocycles. The van der Waals surface area contributed by atoms with Crippen LogP contribution >= 0.6 is 7.14 Å². The van der Waals surface area contributed by atoms with Crippen molar-refractivity contribution in [1.29, 1.82) is 0 Å². The van der Waals surface area contributed by atoms with Crippen LogP contribution in [0.4, 0.5) is 0 Å². The van der Waals surface area contributed by atoms with E-state index >= 15 is 0 Å². The molecule has 0 bridgehead atoms. The Morgan fingerprint density at radius 3 is 1.90 bits per heavy atom. The number of imidazole rings is 1. The molecule has 0 fully saturated rings. The first kappa shape index (κ1) is 25.0. The van der Waals surface area contributed by atoms with Gasteiger partial charge in [0.2, 0.25) is 0 Å². The number of rotatable bonds is 5. The van der Waals surface area contributed by atoms with Crippen LogP contribution in [0.2, 0.25) is 0 Å². The summed E-state index contributed by atoms with van der Waals surface area (Å²) in [5, 5.41) is 5.42. The van der Waals surface area contributed by atoms with Crippen LogP contribution in [0.5, 0.6) is 0 Å². The van der Waals surface area contributed by atoms with E-state index in [9.17, 15) is 4.57 Å². The van der Waals surface area contributed by atoms with Crippen LogP contribution < -0.4 is 26.4 Å². The number of hydrogen-bond donors (Lipinski definition) is 0. The van der Waals surface area contributed by atoms with Gasteiger partial charge in [0.1, 0.15) is 5.65 Å². The Kier molecular flexibility index (Phi) is 6.03. The molecule has 4 heteroatoms. The fourth-order valence-electron chi connectivity index (χ4n) is 5.78. The standard InChI is InChI=1S/C37H27N2OP/c1-3-12-32-26(2)37-38-34-17-10-11-18-36(34)39(37)35-24-21-28(25-33(32)35)27-19-22-31(23-20-27)41(40,29-13-6-4-7-14-29)30-15-8-5-9-16-30/h3-25H,1-2H2/b32-12+. The van der Waals surface area contributed by atoms with Crippen molar-refractivity contribution in [2.45, 2.75) is 0 Å². The van der Waals surface area contributed by atoms with Crippen LogP contribution in [-0.2, 0) is 4.57 Å². The van der Waals surface area contributed by atoms with E-state index in [0.717, 1.165) is 65.1 Å². The Labute approximate surface area is 238 Å². The Balaban J connectivity index is 1.41. The number of allylic oxidation sites excluding steroid dienone is 1. The predicted octanol–water partition coefficient (Wildman–Crippen LogP) is 6.32. The van der Waals surface area contributed by atoms with Crippen LogP contribution in [0, 0.1) is 0 Å². The average molecular weight is 547 g/mol. The molecule has 0 N–H and O–H groups in total. The SMILES string of the molecule is C=C/C=c1\c(=C)c2nc3ccccc3n2c2ccc(-c3ccc(P(=O)(c4ccccc4)c4ccccc4)cc3)cc12. The molecule has 0 amide bonds. The molecule has 2 heterocycles. The van der Waals surface area contributed by atoms with Gasteiger partial charge in [-0.15, -0.1) is 0 Å². The highest BCUT2D eigenvalue weighted by Crippen LogP contribution is 2.42. The highest BCUT2D eigenvalue weighted by Gasteiger charge is 2.29. The van der Waals surface area contributed by atoms with E-state index < -0.39 is 7.14 Å². The van der Waals surface area contributed by atoms with E-state index in [4.69, 9.17) is 4.98 Å². The van der Waals surface area contributed by atoms with Gasteiger partial charge >= 0.3 is 0 Å². The van der Waals surface area contributed by atoms with E-state index in [-0.39, 0.29) is 0 Å². The van der Waals surface area contributed by atoms with Gasteiger partial charge in [-0.25, -0.2) is 4.98 Å². The molecule has 0 saturated heterocycles. The molecule has 5 aromatic carbocycles. The van der Waals surface area contributed by atoms with Crippen LogP contribution in [-0.4, -0.2) is 9.38 Å². The monoisotopic (exact) mass is 546 g/mol. The van der Waals surface area contributed by atoms with Crippen molar-refractivity contribution >= 4 is 63.3 Å². The number of nitrogens with zero attached hydrogens (tertiary/aromatic N) is 2. The van der Waals surface area contributed by atoms with Crippen molar-refractivity contribution in [3.63, 3.8) is 0 Å². The Bertz CT molecular complexity index is 2210. The first-order valence-corrected chi connectivity index (χ1v) is 15.3. The summed E-state index contributed by atoms with van der Waals surface area (Å²) in [5.41, 5.74) is 6.02. The lowest BCUT2D eigenvalue weighted by molar-refractivity contribution is 0.592. The van der Waals surface area contributed by atoms with Gasteiger partial charge in [0.25, 0.3) is 0 Å². The lowest BCUT2D eigenvalue weighted by Gasteiger charge is -2.20. The summed E-state index contributed by atoms with van der Waals surface area (Å²) in [5.74, 6) is 0. The minimum absolute atomic E-state index is 0.812. The van der Waals surface area contributed by atoms with E-state index in [1.54, 1.807) is 6.08 Å². The topological polar surface area (TPSA) is 34.4 Å². The zero-order valence-electron chi connectivity index (χ0n) is 22.4. The van der Waals surface area contributed by atoms with Gasteiger partial charge in [-0.2, -0.15) is 0 Å². The molecule has 0 unspecified atom stereocenters. The molecule has 7 rings (SSSR count). The van der Waals surface area contributed by atoms with Crippen molar-refractivity contribution in [3.05, 3.63) is 150 Å². The van der Waals surface area contributed by atoms with Crippen molar-refractivity contribution in [2.75, 3.05) is 0 Å². The van der Waals surface area contributed by atoms with Crippen molar-refractivity contribution in [1.82, 2.24) is 9.38 Å². The van der Waals surface area contributed by atoms with Crippen LogP contribution in [0.1, 0.15) is 0 Å². The van der Waals surface area contributed by atoms with E-state index in [1.807, 2.05) is 97.1 Å². The molecule has 41 heavy (non-hydrogen) atoms. The molecular formula is C37H27N2OP. The summed E-state index contributed by atoms with van der Waals surface area (Å²) in [7, 11) is -3.03. The number of hydrogen-bond acceptors (Lipinski definition) is 2. The first-order chi connectivity index (χ1) is 20.1. The number of fused-ring (bicyclic) bond motifs is 5. The normalized spacial score (nSPS) is 12.3. The number of benzene rings is 5.